The van der Waals surface area contributed by atoms with Gasteiger partial charge < -0.3 is 48.8 Å². The van der Waals surface area contributed by atoms with Crippen molar-refractivity contribution in [3.63, 3.8) is 0 Å². The Kier molecular flexibility index (Phi) is 19.2. The van der Waals surface area contributed by atoms with Crippen molar-refractivity contribution in [3.05, 3.63) is 60.8 Å². The Bertz CT molecular complexity index is 1560. The van der Waals surface area contributed by atoms with Crippen molar-refractivity contribution >= 4 is 83.6 Å². The predicted octanol–water partition coefficient (Wildman–Crippen LogP) is -3.01. The molecular weight excluding hydrogens is 720 g/mol. The van der Waals surface area contributed by atoms with E-state index < -0.39 is 109 Å². The highest BCUT2D eigenvalue weighted by Crippen LogP contribution is 2.09. The summed E-state index contributed by atoms with van der Waals surface area (Å²) in [6.07, 6.45) is -5.74. The van der Waals surface area contributed by atoms with Gasteiger partial charge in [0.2, 0.25) is 12.2 Å². The maximum absolute atomic E-state index is 12.3. The number of carboxylic acid groups (broad SMARTS) is 4. The van der Waals surface area contributed by atoms with Crippen LogP contribution in [0.5, 0.6) is 0 Å². The Morgan fingerprint density at radius 2 is 0.577 bits per heavy atom. The molecule has 24 heteroatoms. The van der Waals surface area contributed by atoms with Gasteiger partial charge in [0.05, 0.1) is 12.8 Å². The van der Waals surface area contributed by atoms with Crippen LogP contribution in [0.2, 0.25) is 0 Å². The molecule has 0 saturated carbocycles. The Morgan fingerprint density at radius 1 is 0.346 bits per heavy atom. The summed E-state index contributed by atoms with van der Waals surface area (Å²) in [4.78, 5) is 162. The number of esters is 10. The molecule has 0 bridgehead atoms. The lowest BCUT2D eigenvalue weighted by Gasteiger charge is -2.14. The van der Waals surface area contributed by atoms with Gasteiger partial charge in [0.15, 0.2) is 0 Å². The second-order valence-corrected chi connectivity index (χ2v) is 8.35. The van der Waals surface area contributed by atoms with Crippen LogP contribution in [0.25, 0.3) is 0 Å². The zero-order chi connectivity index (χ0) is 40.0. The van der Waals surface area contributed by atoms with Gasteiger partial charge in [-0.05, 0) is 0 Å². The summed E-state index contributed by atoms with van der Waals surface area (Å²) < 4.78 is 25.8. The molecule has 0 rings (SSSR count). The van der Waals surface area contributed by atoms with Gasteiger partial charge in [-0.2, -0.15) is 0 Å². The van der Waals surface area contributed by atoms with E-state index >= 15 is 0 Å². The second-order valence-electron chi connectivity index (χ2n) is 8.35. The molecule has 0 aromatic heterocycles. The molecule has 0 aliphatic heterocycles. The maximum Gasteiger partial charge on any atom is 0.355 e. The fourth-order valence-electron chi connectivity index (χ4n) is 2.47. The number of rotatable bonds is 18. The van der Waals surface area contributed by atoms with E-state index in [1.807, 2.05) is 0 Å². The number of carboxylic acids is 4. The van der Waals surface area contributed by atoms with Gasteiger partial charge in [-0.15, -0.1) is 0 Å². The Labute approximate surface area is 285 Å². The summed E-state index contributed by atoms with van der Waals surface area (Å²) in [5.41, 5.74) is 0. The van der Waals surface area contributed by atoms with Gasteiger partial charge >= 0.3 is 83.6 Å². The third kappa shape index (κ3) is 21.8. The fraction of sp³-hybridized carbons (Fsp3) is 0.143. The highest BCUT2D eigenvalue weighted by Gasteiger charge is 2.32. The third-order valence-electron chi connectivity index (χ3n) is 4.38. The normalized spacial score (nSPS) is 12.1. The molecule has 0 saturated heterocycles. The van der Waals surface area contributed by atoms with E-state index in [0.717, 1.165) is 0 Å². The predicted molar refractivity (Wildman–Crippen MR) is 150 cm³/mol. The second kappa shape index (κ2) is 22.6. The molecule has 4 N–H and O–H groups in total. The van der Waals surface area contributed by atoms with Crippen LogP contribution in [-0.2, 0) is 95.5 Å². The minimum Gasteiger partial charge on any atom is -0.478 e. The molecule has 0 heterocycles. The van der Waals surface area contributed by atoms with Crippen LogP contribution in [0.3, 0.4) is 0 Å². The first kappa shape index (κ1) is 44.1. The molecule has 0 aromatic carbocycles. The van der Waals surface area contributed by atoms with E-state index in [-0.39, 0.29) is 60.8 Å². The third-order valence-corrected chi connectivity index (χ3v) is 4.38. The molecule has 24 nitrogen and oxygen atoms in total. The molecule has 52 heavy (non-hydrogen) atoms. The highest BCUT2D eigenvalue weighted by molar-refractivity contribution is 6.02. The summed E-state index contributed by atoms with van der Waals surface area (Å²) in [6.45, 7) is 0. The van der Waals surface area contributed by atoms with Gasteiger partial charge in [-0.1, -0.05) is 0 Å². The number of hydrogen-bond donors (Lipinski definition) is 4. The van der Waals surface area contributed by atoms with Crippen LogP contribution in [0.1, 0.15) is 12.8 Å². The molecule has 0 aliphatic carbocycles. The van der Waals surface area contributed by atoms with Crippen LogP contribution in [-0.4, -0.2) is 116 Å². The first-order valence-corrected chi connectivity index (χ1v) is 12.9. The summed E-state index contributed by atoms with van der Waals surface area (Å²) in [5, 5.41) is 34.1. The van der Waals surface area contributed by atoms with Crippen LogP contribution in [0, 0.1) is 0 Å². The van der Waals surface area contributed by atoms with E-state index in [9.17, 15) is 67.1 Å². The van der Waals surface area contributed by atoms with Crippen molar-refractivity contribution in [2.75, 3.05) is 0 Å². The van der Waals surface area contributed by atoms with E-state index in [1.165, 1.54) is 0 Å². The number of carbonyl (C=O) groups excluding carboxylic acids is 10. The van der Waals surface area contributed by atoms with Crippen molar-refractivity contribution < 1.29 is 116 Å². The van der Waals surface area contributed by atoms with Gasteiger partial charge in [-0.3, -0.25) is 9.59 Å². The first-order valence-electron chi connectivity index (χ1n) is 12.9. The lowest BCUT2D eigenvalue weighted by Crippen LogP contribution is -2.34. The maximum atomic E-state index is 12.3. The minimum atomic E-state index is -2.49. The molecule has 2 unspecified atom stereocenters. The minimum absolute atomic E-state index is 0.114. The lowest BCUT2D eigenvalue weighted by molar-refractivity contribution is -0.175. The van der Waals surface area contributed by atoms with E-state index in [2.05, 4.69) is 28.4 Å². The Morgan fingerprint density at radius 3 is 0.827 bits per heavy atom. The first-order chi connectivity index (χ1) is 24.2. The van der Waals surface area contributed by atoms with Gasteiger partial charge in [0, 0.05) is 60.8 Å². The highest BCUT2D eigenvalue weighted by atomic mass is 16.6. The van der Waals surface area contributed by atoms with E-state index in [1.54, 1.807) is 0 Å². The zero-order valence-corrected chi connectivity index (χ0v) is 25.3. The number of hydrogen-bond acceptors (Lipinski definition) is 20. The van der Waals surface area contributed by atoms with Crippen LogP contribution < -0.4 is 0 Å². The van der Waals surface area contributed by atoms with Gasteiger partial charge in [0.1, 0.15) is 0 Å². The number of aliphatic carboxylic acids is 4. The SMILES string of the molecule is O=C(O)/C=C\C(=O)OC(=O)CC(OC(=O)/C=C/C(=O)OC(CC(=O)OC(=O)/C=C\C(=O)O)C(=O)OC(=O)/C=C\C(=O)O)C(=O)OC(=O)/C=C\C(=O)O. The lowest BCUT2D eigenvalue weighted by atomic mass is 10.2. The molecule has 0 aliphatic rings. The topological polar surface area (TPSA) is 375 Å². The van der Waals surface area contributed by atoms with Gasteiger partial charge in [-0.25, -0.2) is 57.5 Å². The number of carbonyl (C=O) groups is 14. The summed E-state index contributed by atoms with van der Waals surface area (Å²) >= 11 is 0. The van der Waals surface area contributed by atoms with Crippen molar-refractivity contribution in [1.29, 1.82) is 0 Å². The largest absolute Gasteiger partial charge is 0.478 e. The standard InChI is InChI=1S/C28H20O24/c29-15(30)1-5-21(39)49-25(43)11-13(27(45)51-23(41)7-3-17(33)34)47-19(37)9-10-20(38)48-14(28(46)52-24(42)8-4-18(35)36)12-26(44)50-22(40)6-2-16(31)32/h1-10,13-14H,11-12H2,(H,29,30)(H,31,32)(H,33,34)(H,35,36)/b5-1-,6-2-,7-3-,8-4-,10-9+. The smallest absolute Gasteiger partial charge is 0.355 e. The summed E-state index contributed by atoms with van der Waals surface area (Å²) in [7, 11) is 0. The molecule has 0 amide bonds. The van der Waals surface area contributed by atoms with Crippen LogP contribution in [0.15, 0.2) is 60.8 Å². The van der Waals surface area contributed by atoms with Crippen molar-refractivity contribution in [1.82, 2.24) is 0 Å². The van der Waals surface area contributed by atoms with Crippen molar-refractivity contribution in [2.45, 2.75) is 25.0 Å². The average Bonchev–Trinajstić information content (AvgIpc) is 3.02. The summed E-state index contributed by atoms with van der Waals surface area (Å²) in [5.74, 6) is -23.8. The van der Waals surface area contributed by atoms with E-state index in [0.29, 0.717) is 0 Å². The quantitative estimate of drug-likeness (QED) is 0.0470. The molecule has 0 spiro atoms. The van der Waals surface area contributed by atoms with Crippen molar-refractivity contribution in [3.8, 4) is 0 Å². The molecule has 0 radical (unpaired) electrons. The molecule has 276 valence electrons. The molecule has 0 aromatic rings. The van der Waals surface area contributed by atoms with Crippen molar-refractivity contribution in [2.24, 2.45) is 0 Å². The molecule has 0 fully saturated rings. The Hall–Kier alpha value is -7.92. The summed E-state index contributed by atoms with van der Waals surface area (Å²) in [6, 6.07) is 0. The van der Waals surface area contributed by atoms with E-state index in [4.69, 9.17) is 20.4 Å². The monoisotopic (exact) mass is 740 g/mol. The molecular formula is C28H20O24. The molecule has 2 atom stereocenters. The average molecular weight is 740 g/mol. The van der Waals surface area contributed by atoms with Gasteiger partial charge in [0.25, 0.3) is 0 Å². The van der Waals surface area contributed by atoms with Crippen LogP contribution in [0.4, 0.5) is 0 Å². The number of ether oxygens (including phenoxy) is 6. The fourth-order valence-corrected chi connectivity index (χ4v) is 2.47. The zero-order valence-electron chi connectivity index (χ0n) is 25.3. The van der Waals surface area contributed by atoms with Crippen LogP contribution >= 0.6 is 0 Å². The Balaban J connectivity index is 5.99.